The van der Waals surface area contributed by atoms with Crippen LogP contribution in [0, 0.1) is 63.6 Å². The molecule has 1 spiro atoms. The van der Waals surface area contributed by atoms with Crippen molar-refractivity contribution in [3.8, 4) is 0 Å². The fourth-order valence-electron chi connectivity index (χ4n) is 13.2. The van der Waals surface area contributed by atoms with E-state index < -0.39 is 153 Å². The third-order valence-corrected chi connectivity index (χ3v) is 15.2. The quantitative estimate of drug-likeness (QED) is 0.207. The lowest BCUT2D eigenvalue weighted by molar-refractivity contribution is -0.283. The Morgan fingerprint density at radius 3 is 1.79 bits per heavy atom. The van der Waals surface area contributed by atoms with Crippen molar-refractivity contribution < 1.29 is 72.5 Å². The summed E-state index contributed by atoms with van der Waals surface area (Å²) in [5.41, 5.74) is -6.57. The number of carbonyl (C=O) groups is 6. The highest BCUT2D eigenvalue weighted by Gasteiger charge is 2.93. The molecule has 2 heterocycles. The van der Waals surface area contributed by atoms with Gasteiger partial charge in [-0.1, -0.05) is 27.7 Å². The Kier molecular flexibility index (Phi) is 8.01. The van der Waals surface area contributed by atoms with E-state index >= 15 is 0 Å². The number of hydrogen-bond acceptors (Lipinski definition) is 15. The fraction of sp³-hybridized carbons (Fsp3) is 0.838. The monoisotopic (exact) mass is 734 g/mol. The fourth-order valence-corrected chi connectivity index (χ4v) is 13.2. The number of esters is 5. The van der Waals surface area contributed by atoms with Crippen molar-refractivity contribution in [2.75, 3.05) is 0 Å². The van der Waals surface area contributed by atoms with Crippen molar-refractivity contribution in [2.45, 2.75) is 130 Å². The molecular weight excluding hydrogens is 684 g/mol. The molecule has 2 aliphatic heterocycles. The molecule has 5 saturated carbocycles. The van der Waals surface area contributed by atoms with E-state index in [-0.39, 0.29) is 6.42 Å². The molecule has 0 radical (unpaired) electrons. The Labute approximate surface area is 301 Å². The Hall–Kier alpha value is -3.14. The van der Waals surface area contributed by atoms with Gasteiger partial charge >= 0.3 is 29.8 Å². The summed E-state index contributed by atoms with van der Waals surface area (Å²) < 4.78 is 36.7. The molecule has 7 rings (SSSR count). The van der Waals surface area contributed by atoms with Crippen LogP contribution in [0.4, 0.5) is 0 Å². The van der Waals surface area contributed by atoms with E-state index in [2.05, 4.69) is 0 Å². The van der Waals surface area contributed by atoms with Crippen LogP contribution in [0.2, 0.25) is 0 Å². The first-order valence-electron chi connectivity index (χ1n) is 18.2. The van der Waals surface area contributed by atoms with Crippen LogP contribution >= 0.6 is 0 Å². The molecule has 20 atom stereocenters. The molecule has 0 bridgehead atoms. The molecule has 52 heavy (non-hydrogen) atoms. The van der Waals surface area contributed by atoms with Crippen LogP contribution in [0.1, 0.15) is 75.7 Å². The van der Waals surface area contributed by atoms with E-state index in [1.165, 1.54) is 34.6 Å². The van der Waals surface area contributed by atoms with Gasteiger partial charge in [-0.15, -0.1) is 0 Å². The second-order valence-corrected chi connectivity index (χ2v) is 17.4. The largest absolute Gasteiger partial charge is 0.462 e. The highest BCUT2D eigenvalue weighted by molar-refractivity contribution is 5.88. The minimum absolute atomic E-state index is 0.0981. The maximum absolute atomic E-state index is 14.6. The van der Waals surface area contributed by atoms with Crippen LogP contribution in [0.25, 0.3) is 0 Å². The summed E-state index contributed by atoms with van der Waals surface area (Å²) >= 11 is 0. The Bertz CT molecular complexity index is 1640. The van der Waals surface area contributed by atoms with E-state index in [4.69, 9.17) is 28.4 Å². The zero-order chi connectivity index (χ0) is 38.6. The van der Waals surface area contributed by atoms with Crippen molar-refractivity contribution >= 4 is 35.6 Å². The van der Waals surface area contributed by atoms with E-state index in [1.807, 2.05) is 6.92 Å². The number of aliphatic hydroxyl groups excluding tert-OH is 2. The number of hydrogen-bond donors (Lipinski definition) is 3. The van der Waals surface area contributed by atoms with Crippen molar-refractivity contribution in [3.05, 3.63) is 0 Å². The van der Waals surface area contributed by atoms with E-state index in [0.717, 1.165) is 0 Å². The number of ether oxygens (including phenoxy) is 6. The Morgan fingerprint density at radius 1 is 0.712 bits per heavy atom. The second-order valence-electron chi connectivity index (χ2n) is 17.4. The summed E-state index contributed by atoms with van der Waals surface area (Å²) in [6, 6.07) is 0. The third-order valence-electron chi connectivity index (χ3n) is 15.2. The van der Waals surface area contributed by atoms with Crippen molar-refractivity contribution in [1.29, 1.82) is 0 Å². The molecule has 288 valence electrons. The molecule has 7 fully saturated rings. The van der Waals surface area contributed by atoms with Crippen molar-refractivity contribution in [1.82, 2.24) is 0 Å². The zero-order valence-corrected chi connectivity index (χ0v) is 31.1. The highest BCUT2D eigenvalue weighted by atomic mass is 16.8. The van der Waals surface area contributed by atoms with Gasteiger partial charge in [0, 0.05) is 74.0 Å². The lowest BCUT2D eigenvalue weighted by Crippen LogP contribution is -2.75. The third kappa shape index (κ3) is 4.22. The second kappa shape index (κ2) is 11.2. The van der Waals surface area contributed by atoms with Crippen molar-refractivity contribution in [3.63, 3.8) is 0 Å². The highest BCUT2D eigenvalue weighted by Crippen LogP contribution is 2.81. The number of epoxide rings is 1. The first-order chi connectivity index (χ1) is 24.0. The van der Waals surface area contributed by atoms with Gasteiger partial charge in [-0.3, -0.25) is 24.0 Å². The minimum Gasteiger partial charge on any atom is -0.462 e. The number of aliphatic hydroxyl groups is 3. The Balaban J connectivity index is 1.55. The summed E-state index contributed by atoms with van der Waals surface area (Å²) in [5, 5.41) is 35.6. The molecule has 15 nitrogen and oxygen atoms in total. The van der Waals surface area contributed by atoms with Gasteiger partial charge in [0.1, 0.15) is 36.6 Å². The molecule has 0 amide bonds. The van der Waals surface area contributed by atoms with Gasteiger partial charge in [0.25, 0.3) is 0 Å². The summed E-state index contributed by atoms with van der Waals surface area (Å²) in [4.78, 5) is 80.3. The summed E-state index contributed by atoms with van der Waals surface area (Å²) in [5.74, 6) is -13.4. The first-order valence-corrected chi connectivity index (χ1v) is 18.2. The number of Topliss-reactive ketones (excluding diaryl/α,β-unsaturated/α-hetero) is 1. The van der Waals surface area contributed by atoms with Crippen LogP contribution in [0.3, 0.4) is 0 Å². The average molecular weight is 735 g/mol. The lowest BCUT2D eigenvalue weighted by atomic mass is 9.40. The number of carbonyl (C=O) groups excluding carboxylic acids is 6. The first kappa shape index (κ1) is 37.2. The number of rotatable bonds is 4. The Morgan fingerprint density at radius 2 is 1.23 bits per heavy atom. The van der Waals surface area contributed by atoms with E-state index in [1.54, 1.807) is 27.7 Å². The van der Waals surface area contributed by atoms with Crippen LogP contribution in [0.15, 0.2) is 0 Å². The molecule has 3 N–H and O–H groups in total. The zero-order valence-electron chi connectivity index (χ0n) is 31.1. The van der Waals surface area contributed by atoms with Gasteiger partial charge in [-0.25, -0.2) is 4.79 Å². The van der Waals surface area contributed by atoms with Gasteiger partial charge < -0.3 is 43.7 Å². The SMILES string of the molecule is CC(=O)O[C@@H]1[C@H]2[C@H]3[C@H]([C@H](OC(C)=O)[C@H](OC(C)=O)[C@]2(C)[C@H]2[C@H](C)[C@@H]4O[C@@]45OC(=O)[C@@](C)(O)[C@]5(C)[C@H]12)[C@]1(C)[C@H](C[C@@H](O)[C@H](C)[C@@H]1OC(C)=O)C(=O)[C@@H]3O. The summed E-state index contributed by atoms with van der Waals surface area (Å²) in [6.45, 7) is 14.8. The molecular formula is C37H50O15. The average Bonchev–Trinajstić information content (AvgIpc) is 3.67. The maximum Gasteiger partial charge on any atom is 0.341 e. The smallest absolute Gasteiger partial charge is 0.341 e. The predicted molar refractivity (Wildman–Crippen MR) is 172 cm³/mol. The van der Waals surface area contributed by atoms with Gasteiger partial charge in [-0.2, -0.15) is 0 Å². The van der Waals surface area contributed by atoms with E-state index in [9.17, 15) is 44.1 Å². The summed E-state index contributed by atoms with van der Waals surface area (Å²) in [7, 11) is 0. The van der Waals surface area contributed by atoms with E-state index in [0.29, 0.717) is 0 Å². The van der Waals surface area contributed by atoms with Crippen LogP contribution in [0.5, 0.6) is 0 Å². The summed E-state index contributed by atoms with van der Waals surface area (Å²) in [6.07, 6.45) is -8.75. The van der Waals surface area contributed by atoms with Gasteiger partial charge in [-0.05, 0) is 32.1 Å². The van der Waals surface area contributed by atoms with Gasteiger partial charge in [0.05, 0.1) is 11.5 Å². The molecule has 7 aliphatic rings. The molecule has 0 aromatic heterocycles. The molecule has 15 heteroatoms. The molecule has 0 unspecified atom stereocenters. The maximum atomic E-state index is 14.6. The minimum atomic E-state index is -2.17. The topological polar surface area (TPSA) is 222 Å². The van der Waals surface area contributed by atoms with Crippen molar-refractivity contribution in [2.24, 2.45) is 63.6 Å². The number of ketones is 1. The molecule has 5 aliphatic carbocycles. The number of fused-ring (bicyclic) bond motifs is 8. The molecule has 0 aromatic rings. The molecule has 2 saturated heterocycles. The van der Waals surface area contributed by atoms with Crippen LogP contribution in [-0.4, -0.2) is 105 Å². The lowest BCUT2D eigenvalue weighted by Gasteiger charge is -2.66. The van der Waals surface area contributed by atoms with Gasteiger partial charge in [0.2, 0.25) is 5.79 Å². The normalized spacial score (nSPS) is 55.2. The standard InChI is InChI=1S/C37H50O15/c1-12-19(42)11-18-25(43)26(44)20-22-27(47-14(3)38)24-21(13(2)30-37(51-30)35(24,9)36(10,46)32(45)52-37)34(22,8)31(50-17(6)41)28(48-15(4)39)23(20)33(18,7)29(12)49-16(5)40/h12-13,18-24,26-31,42,44,46H,11H2,1-10H3/t12-,13-,18+,19+,20-,21-,22+,23+,24-,26+,27+,28-,29-,30-,31-,33-,34+,35-,36+,37+/m0/s1. The molecule has 0 aromatic carbocycles. The van der Waals surface area contributed by atoms with Crippen LogP contribution < -0.4 is 0 Å². The predicted octanol–water partition coefficient (Wildman–Crippen LogP) is 0.853. The van der Waals surface area contributed by atoms with Gasteiger partial charge in [0.15, 0.2) is 11.4 Å². The van der Waals surface area contributed by atoms with Crippen LogP contribution in [-0.2, 0) is 57.2 Å².